The van der Waals surface area contributed by atoms with Crippen LogP contribution in [-0.4, -0.2) is 50.7 Å². The number of amides is 1. The number of pyridine rings is 1. The summed E-state index contributed by atoms with van der Waals surface area (Å²) in [6.07, 6.45) is 3.53. The fourth-order valence-corrected chi connectivity index (χ4v) is 4.54. The standard InChI is InChI=1S/C18H25N5O2.ClH/c1-10-14(11(2)20-17-16(10)18(25)21-22(17)3)8-15(24)23-12-4-5-13(23)9-19-7-6-12;/h12-13,19H,4-9H2,1-3H3,(H,21,25);1H. The Morgan fingerprint density at radius 3 is 2.73 bits per heavy atom. The van der Waals surface area contributed by atoms with Gasteiger partial charge >= 0.3 is 0 Å². The predicted octanol–water partition coefficient (Wildman–Crippen LogP) is 1.20. The molecule has 2 aliphatic heterocycles. The number of nitrogens with zero attached hydrogens (tertiary/aromatic N) is 3. The van der Waals surface area contributed by atoms with Gasteiger partial charge in [0.15, 0.2) is 5.65 Å². The van der Waals surface area contributed by atoms with Crippen LogP contribution in [0.25, 0.3) is 11.0 Å². The molecule has 1 amide bonds. The van der Waals surface area contributed by atoms with Gasteiger partial charge < -0.3 is 10.2 Å². The molecule has 7 nitrogen and oxygen atoms in total. The molecular formula is C18H26ClN5O2. The predicted molar refractivity (Wildman–Crippen MR) is 103 cm³/mol. The van der Waals surface area contributed by atoms with Crippen LogP contribution in [0.3, 0.4) is 0 Å². The molecule has 2 atom stereocenters. The fraction of sp³-hybridized carbons (Fsp3) is 0.611. The van der Waals surface area contributed by atoms with Gasteiger partial charge in [0.05, 0.1) is 11.8 Å². The Labute approximate surface area is 158 Å². The van der Waals surface area contributed by atoms with E-state index in [9.17, 15) is 9.59 Å². The number of aromatic nitrogens is 3. The quantitative estimate of drug-likeness (QED) is 0.821. The van der Waals surface area contributed by atoms with Crippen molar-refractivity contribution in [2.75, 3.05) is 13.1 Å². The van der Waals surface area contributed by atoms with Crippen molar-refractivity contribution in [3.63, 3.8) is 0 Å². The second-order valence-electron chi connectivity index (χ2n) is 7.35. The lowest BCUT2D eigenvalue weighted by Crippen LogP contribution is -2.43. The van der Waals surface area contributed by atoms with Crippen molar-refractivity contribution >= 4 is 29.3 Å². The van der Waals surface area contributed by atoms with Crippen molar-refractivity contribution in [3.05, 3.63) is 27.2 Å². The van der Waals surface area contributed by atoms with Crippen LogP contribution >= 0.6 is 12.4 Å². The average Bonchev–Trinajstić information content (AvgIpc) is 2.98. The lowest BCUT2D eigenvalue weighted by atomic mass is 10.0. The summed E-state index contributed by atoms with van der Waals surface area (Å²) < 4.78 is 1.64. The molecule has 4 heterocycles. The van der Waals surface area contributed by atoms with E-state index in [-0.39, 0.29) is 23.9 Å². The molecule has 2 aliphatic rings. The van der Waals surface area contributed by atoms with Crippen LogP contribution in [-0.2, 0) is 18.3 Å². The van der Waals surface area contributed by atoms with Crippen LogP contribution < -0.4 is 10.9 Å². The number of carbonyl (C=O) groups excluding carboxylic acids is 1. The SMILES string of the molecule is Cc1nc2c(c(C)c1CC(=O)N1C3CCNCC1CC3)c(=O)[nH]n2C.Cl. The largest absolute Gasteiger partial charge is 0.335 e. The van der Waals surface area contributed by atoms with Crippen LogP contribution in [0.15, 0.2) is 4.79 Å². The Morgan fingerprint density at radius 1 is 1.23 bits per heavy atom. The highest BCUT2D eigenvalue weighted by Gasteiger charge is 2.38. The lowest BCUT2D eigenvalue weighted by molar-refractivity contribution is -0.133. The molecule has 0 spiro atoms. The number of rotatable bonds is 2. The van der Waals surface area contributed by atoms with E-state index in [2.05, 4.69) is 20.3 Å². The number of hydrogen-bond donors (Lipinski definition) is 2. The molecule has 2 N–H and O–H groups in total. The molecule has 0 aliphatic carbocycles. The molecular weight excluding hydrogens is 354 g/mol. The van der Waals surface area contributed by atoms with Crippen LogP contribution in [0.2, 0.25) is 0 Å². The Balaban J connectivity index is 0.00000196. The van der Waals surface area contributed by atoms with E-state index in [4.69, 9.17) is 0 Å². The molecule has 4 rings (SSSR count). The molecule has 2 saturated heterocycles. The maximum Gasteiger partial charge on any atom is 0.273 e. The number of fused-ring (bicyclic) bond motifs is 3. The number of hydrogen-bond acceptors (Lipinski definition) is 4. The first-order valence-electron chi connectivity index (χ1n) is 9.04. The minimum atomic E-state index is -0.143. The van der Waals surface area contributed by atoms with E-state index in [0.717, 1.165) is 49.2 Å². The van der Waals surface area contributed by atoms with E-state index in [1.165, 1.54) is 0 Å². The summed E-state index contributed by atoms with van der Waals surface area (Å²) >= 11 is 0. The molecule has 2 fully saturated rings. The molecule has 0 aromatic carbocycles. The van der Waals surface area contributed by atoms with Gasteiger partial charge in [-0.3, -0.25) is 19.4 Å². The maximum atomic E-state index is 13.1. The zero-order valence-electron chi connectivity index (χ0n) is 15.5. The van der Waals surface area contributed by atoms with E-state index in [1.54, 1.807) is 11.7 Å². The number of carbonyl (C=O) groups is 1. The second kappa shape index (κ2) is 7.04. The summed E-state index contributed by atoms with van der Waals surface area (Å²) in [5, 5.41) is 6.78. The number of H-pyrrole nitrogens is 1. The zero-order valence-corrected chi connectivity index (χ0v) is 16.3. The zero-order chi connectivity index (χ0) is 17.7. The van der Waals surface area contributed by atoms with E-state index in [1.807, 2.05) is 13.8 Å². The van der Waals surface area contributed by atoms with Gasteiger partial charge in [0.25, 0.3) is 5.56 Å². The van der Waals surface area contributed by atoms with Gasteiger partial charge in [0.1, 0.15) is 0 Å². The second-order valence-corrected chi connectivity index (χ2v) is 7.35. The van der Waals surface area contributed by atoms with E-state index < -0.39 is 0 Å². The molecule has 2 bridgehead atoms. The van der Waals surface area contributed by atoms with E-state index >= 15 is 0 Å². The van der Waals surface area contributed by atoms with Crippen molar-refractivity contribution in [2.24, 2.45) is 7.05 Å². The summed E-state index contributed by atoms with van der Waals surface area (Å²) in [6, 6.07) is 0.655. The minimum Gasteiger partial charge on any atom is -0.335 e. The first-order valence-corrected chi connectivity index (χ1v) is 9.04. The first-order chi connectivity index (χ1) is 12.0. The Kier molecular flexibility index (Phi) is 5.12. The molecule has 2 unspecified atom stereocenters. The van der Waals surface area contributed by atoms with Gasteiger partial charge in [-0.15, -0.1) is 12.4 Å². The molecule has 26 heavy (non-hydrogen) atoms. The van der Waals surface area contributed by atoms with Crippen molar-refractivity contribution in [2.45, 2.75) is 51.6 Å². The first kappa shape index (κ1) is 18.9. The number of halogens is 1. The highest BCUT2D eigenvalue weighted by Crippen LogP contribution is 2.29. The van der Waals surface area contributed by atoms with Gasteiger partial charge in [0.2, 0.25) is 5.91 Å². The molecule has 2 aromatic heterocycles. The third kappa shape index (κ3) is 2.93. The Hall–Kier alpha value is -1.86. The van der Waals surface area contributed by atoms with Gasteiger partial charge in [-0.1, -0.05) is 0 Å². The fourth-order valence-electron chi connectivity index (χ4n) is 4.54. The van der Waals surface area contributed by atoms with Gasteiger partial charge in [-0.25, -0.2) is 4.98 Å². The van der Waals surface area contributed by atoms with Crippen molar-refractivity contribution in [1.82, 2.24) is 25.0 Å². The number of aryl methyl sites for hydroxylation is 3. The molecule has 0 radical (unpaired) electrons. The molecule has 8 heteroatoms. The normalized spacial score (nSPS) is 22.3. The third-order valence-electron chi connectivity index (χ3n) is 5.85. The van der Waals surface area contributed by atoms with Crippen LogP contribution in [0.5, 0.6) is 0 Å². The molecule has 0 saturated carbocycles. The smallest absolute Gasteiger partial charge is 0.273 e. The maximum absolute atomic E-state index is 13.1. The van der Waals surface area contributed by atoms with E-state index in [0.29, 0.717) is 29.5 Å². The van der Waals surface area contributed by atoms with Crippen LogP contribution in [0.4, 0.5) is 0 Å². The summed E-state index contributed by atoms with van der Waals surface area (Å²) in [6.45, 7) is 5.71. The summed E-state index contributed by atoms with van der Waals surface area (Å²) in [4.78, 5) is 32.0. The van der Waals surface area contributed by atoms with Crippen molar-refractivity contribution < 1.29 is 4.79 Å². The summed E-state index contributed by atoms with van der Waals surface area (Å²) in [5.41, 5.74) is 3.10. The van der Waals surface area contributed by atoms with Gasteiger partial charge in [0, 0.05) is 31.4 Å². The van der Waals surface area contributed by atoms with Crippen LogP contribution in [0.1, 0.15) is 36.1 Å². The average molecular weight is 380 g/mol. The third-order valence-corrected chi connectivity index (χ3v) is 5.85. The monoisotopic (exact) mass is 379 g/mol. The summed E-state index contributed by atoms with van der Waals surface area (Å²) in [7, 11) is 1.78. The summed E-state index contributed by atoms with van der Waals surface area (Å²) in [5.74, 6) is 0.163. The minimum absolute atomic E-state index is 0. The highest BCUT2D eigenvalue weighted by molar-refractivity contribution is 5.85. The van der Waals surface area contributed by atoms with Crippen LogP contribution in [0, 0.1) is 13.8 Å². The number of nitrogens with one attached hydrogen (secondary N) is 2. The molecule has 142 valence electrons. The van der Waals surface area contributed by atoms with Crippen molar-refractivity contribution in [3.8, 4) is 0 Å². The highest BCUT2D eigenvalue weighted by atomic mass is 35.5. The Bertz CT molecular complexity index is 889. The van der Waals surface area contributed by atoms with Crippen molar-refractivity contribution in [1.29, 1.82) is 0 Å². The van der Waals surface area contributed by atoms with Gasteiger partial charge in [-0.2, -0.15) is 0 Å². The molecule has 2 aromatic rings. The topological polar surface area (TPSA) is 83.0 Å². The Morgan fingerprint density at radius 2 is 1.96 bits per heavy atom. The van der Waals surface area contributed by atoms with Gasteiger partial charge in [-0.05, 0) is 50.8 Å². The number of aromatic amines is 1. The lowest BCUT2D eigenvalue weighted by Gasteiger charge is -2.28.